The second-order valence-electron chi connectivity index (χ2n) is 10.3. The van der Waals surface area contributed by atoms with Gasteiger partial charge in [0.2, 0.25) is 0 Å². The summed E-state index contributed by atoms with van der Waals surface area (Å²) >= 11 is 2.00. The predicted molar refractivity (Wildman–Crippen MR) is 167 cm³/mol. The van der Waals surface area contributed by atoms with E-state index in [9.17, 15) is 15.3 Å². The molecule has 0 bridgehead atoms. The summed E-state index contributed by atoms with van der Waals surface area (Å²) in [5, 5.41) is 30.8. The van der Waals surface area contributed by atoms with E-state index in [1.807, 2.05) is 68.2 Å². The summed E-state index contributed by atoms with van der Waals surface area (Å²) in [6, 6.07) is 25.0. The van der Waals surface area contributed by atoms with Gasteiger partial charge >= 0.3 is 50.0 Å². The van der Waals surface area contributed by atoms with Crippen molar-refractivity contribution < 1.29 is 35.8 Å². The van der Waals surface area contributed by atoms with E-state index in [1.165, 1.54) is 36.4 Å². The van der Waals surface area contributed by atoms with E-state index in [0.717, 1.165) is 0 Å². The zero-order chi connectivity index (χ0) is 30.0. The van der Waals surface area contributed by atoms with Crippen LogP contribution in [0.5, 0.6) is 17.2 Å². The molecule has 0 saturated heterocycles. The van der Waals surface area contributed by atoms with E-state index >= 15 is 0 Å². The van der Waals surface area contributed by atoms with E-state index < -0.39 is 16.1 Å². The van der Waals surface area contributed by atoms with Gasteiger partial charge in [-0.2, -0.15) is 0 Å². The van der Waals surface area contributed by atoms with Gasteiger partial charge in [0.05, 0.1) is 16.1 Å². The molecule has 0 amide bonds. The molecule has 3 aromatic carbocycles. The number of rotatable bonds is 4. The molecule has 0 fully saturated rings. The van der Waals surface area contributed by atoms with Crippen molar-refractivity contribution in [3.63, 3.8) is 0 Å². The van der Waals surface area contributed by atoms with E-state index in [1.54, 1.807) is 36.4 Å². The van der Waals surface area contributed by atoms with Crippen molar-refractivity contribution in [3.05, 3.63) is 137 Å². The summed E-state index contributed by atoms with van der Waals surface area (Å²) in [7, 11) is -1.94. The maximum Gasteiger partial charge on any atom is 0.0686 e. The van der Waals surface area contributed by atoms with Crippen molar-refractivity contribution in [2.24, 2.45) is 0 Å². The molecule has 6 heteroatoms. The number of hydrogen-bond acceptors (Lipinski definition) is 3. The van der Waals surface area contributed by atoms with Crippen molar-refractivity contribution in [3.8, 4) is 17.2 Å². The first-order valence-corrected chi connectivity index (χ1v) is 20.8. The molecule has 0 spiro atoms. The SMILES string of the molecule is CC=CC=[CH][Ti+3].C[Si](C)(C)C=CC=C[Si](C)(C)C.[O-]c1ccccc1.[O-]c1ccccc1.[O-]c1ccccc1. The molecule has 0 N–H and O–H groups in total. The molecule has 0 aromatic heterocycles. The van der Waals surface area contributed by atoms with Crippen LogP contribution in [0.2, 0.25) is 39.3 Å². The summed E-state index contributed by atoms with van der Waals surface area (Å²) in [6.07, 6.45) is 10.5. The van der Waals surface area contributed by atoms with Crippen LogP contribution in [-0.2, 0) is 20.4 Å². The number of allylic oxidation sites excluding steroid dienone is 5. The molecule has 39 heavy (non-hydrogen) atoms. The van der Waals surface area contributed by atoms with Crippen LogP contribution in [0, 0.1) is 0 Å². The summed E-state index contributed by atoms with van der Waals surface area (Å²) in [6.45, 7) is 16.1. The Hall–Kier alpha value is -2.83. The van der Waals surface area contributed by atoms with Gasteiger partial charge in [-0.15, -0.1) is 17.2 Å². The molecule has 0 saturated carbocycles. The van der Waals surface area contributed by atoms with Crippen molar-refractivity contribution in [1.29, 1.82) is 0 Å². The van der Waals surface area contributed by atoms with Gasteiger partial charge in [-0.25, -0.2) is 0 Å². The average molecular weight is 593 g/mol. The monoisotopic (exact) mass is 592 g/mol. The minimum atomic E-state index is -0.970. The fraction of sp³-hybridized carbons (Fsp3) is 0.212. The number of benzene rings is 3. The number of para-hydroxylation sites is 3. The molecule has 0 aliphatic heterocycles. The van der Waals surface area contributed by atoms with Crippen molar-refractivity contribution in [2.45, 2.75) is 46.2 Å². The van der Waals surface area contributed by atoms with Gasteiger partial charge in [0.1, 0.15) is 0 Å². The second kappa shape index (κ2) is 24.2. The fourth-order valence-electron chi connectivity index (χ4n) is 2.12. The molecule has 3 rings (SSSR count). The maximum atomic E-state index is 10.3. The minimum absolute atomic E-state index is 0.0718. The van der Waals surface area contributed by atoms with Crippen LogP contribution in [0.25, 0.3) is 0 Å². The van der Waals surface area contributed by atoms with Crippen LogP contribution in [0.1, 0.15) is 6.92 Å². The summed E-state index contributed by atoms with van der Waals surface area (Å²) in [4.78, 5) is 0. The smallest absolute Gasteiger partial charge is 0.0686 e. The third kappa shape index (κ3) is 35.2. The van der Waals surface area contributed by atoms with E-state index in [-0.39, 0.29) is 17.2 Å². The van der Waals surface area contributed by atoms with Crippen molar-refractivity contribution >= 4 is 16.1 Å². The van der Waals surface area contributed by atoms with E-state index in [0.29, 0.717) is 0 Å². The quantitative estimate of drug-likeness (QED) is 0.230. The summed E-state index contributed by atoms with van der Waals surface area (Å²) in [5.74, 6) is 0.215. The Labute approximate surface area is 251 Å². The van der Waals surface area contributed by atoms with Gasteiger partial charge in [0.15, 0.2) is 0 Å². The third-order valence-electron chi connectivity index (χ3n) is 3.93. The van der Waals surface area contributed by atoms with E-state index in [4.69, 9.17) is 0 Å². The molecule has 0 aliphatic rings. The van der Waals surface area contributed by atoms with Gasteiger partial charge in [-0.05, 0) is 0 Å². The average Bonchev–Trinajstić information content (AvgIpc) is 2.87. The molecule has 0 heterocycles. The molecular weight excluding hydrogens is 548 g/mol. The van der Waals surface area contributed by atoms with Crippen LogP contribution in [0.15, 0.2) is 137 Å². The molecule has 0 radical (unpaired) electrons. The van der Waals surface area contributed by atoms with Crippen LogP contribution in [0.3, 0.4) is 0 Å². The normalized spacial score (nSPS) is 11.0. The van der Waals surface area contributed by atoms with Crippen molar-refractivity contribution in [1.82, 2.24) is 0 Å². The topological polar surface area (TPSA) is 69.2 Å². The Balaban J connectivity index is 0. The molecular formula is C33H44O3Si2Ti. The first-order chi connectivity index (χ1) is 18.3. The van der Waals surface area contributed by atoms with Gasteiger partial charge < -0.3 is 15.3 Å². The van der Waals surface area contributed by atoms with E-state index in [2.05, 4.69) is 62.8 Å². The summed E-state index contributed by atoms with van der Waals surface area (Å²) < 4.78 is 2.00. The Bertz CT molecular complexity index is 932. The molecule has 0 aliphatic carbocycles. The van der Waals surface area contributed by atoms with Crippen LogP contribution in [0.4, 0.5) is 0 Å². The summed E-state index contributed by atoms with van der Waals surface area (Å²) in [5.41, 5.74) is 4.76. The van der Waals surface area contributed by atoms with Gasteiger partial charge in [-0.3, -0.25) is 0 Å². The standard InChI is InChI=1S/C10H22Si2.3C6H6O.C5H7.Ti/c1-11(2,3)9-7-8-10-12(4,5)6;3*7-6-4-2-1-3-5-6;1-3-5-4-2;/h7-10H,1-6H3;3*1-5,7H;1,3-5H,2H3;/q;;;;;+3/p-3. The van der Waals surface area contributed by atoms with Crippen LogP contribution < -0.4 is 15.3 Å². The molecule has 0 atom stereocenters. The molecule has 206 valence electrons. The first kappa shape index (κ1) is 38.3. The molecule has 3 nitrogen and oxygen atoms in total. The van der Waals surface area contributed by atoms with Crippen LogP contribution in [-0.4, -0.2) is 16.1 Å². The Morgan fingerprint density at radius 3 is 0.897 bits per heavy atom. The van der Waals surface area contributed by atoms with Gasteiger partial charge in [0, 0.05) is 0 Å². The van der Waals surface area contributed by atoms with Crippen LogP contribution >= 0.6 is 0 Å². The third-order valence-corrected chi connectivity index (χ3v) is 6.62. The largest absolute Gasteiger partial charge is 0.872 e. The minimum Gasteiger partial charge on any atom is -0.872 e. The first-order valence-electron chi connectivity index (χ1n) is 12.8. The zero-order valence-corrected chi connectivity index (χ0v) is 28.1. The predicted octanol–water partition coefficient (Wildman–Crippen LogP) is 7.76. The number of hydrogen-bond donors (Lipinski definition) is 0. The van der Waals surface area contributed by atoms with Gasteiger partial charge in [-0.1, -0.05) is 154 Å². The molecule has 0 unspecified atom stereocenters. The Morgan fingerprint density at radius 1 is 0.487 bits per heavy atom. The maximum absolute atomic E-state index is 10.3. The Kier molecular flexibility index (Phi) is 23.8. The van der Waals surface area contributed by atoms with Crippen molar-refractivity contribution in [2.75, 3.05) is 0 Å². The Morgan fingerprint density at radius 2 is 0.769 bits per heavy atom. The second-order valence-corrected chi connectivity index (χ2v) is 20.9. The molecule has 3 aromatic rings. The zero-order valence-electron chi connectivity index (χ0n) is 24.5. The fourth-order valence-corrected chi connectivity index (χ4v) is 3.67. The van der Waals surface area contributed by atoms with Gasteiger partial charge in [0.25, 0.3) is 0 Å².